The quantitative estimate of drug-likeness (QED) is 0.839. The molecule has 1 N–H and O–H groups in total. The van der Waals surface area contributed by atoms with Crippen LogP contribution in [0.3, 0.4) is 0 Å². The lowest BCUT2D eigenvalue weighted by molar-refractivity contribution is -0.116. The Kier molecular flexibility index (Phi) is 4.98. The highest BCUT2D eigenvalue weighted by Gasteiger charge is 2.00. The van der Waals surface area contributed by atoms with Crippen molar-refractivity contribution in [3.05, 3.63) is 28.7 Å². The largest absolute Gasteiger partial charge is 0.326 e. The number of nitrogens with one attached hydrogen (secondary N) is 1. The second kappa shape index (κ2) is 6.04. The van der Waals surface area contributed by atoms with E-state index in [1.54, 1.807) is 0 Å². The molecule has 0 aliphatic carbocycles. The molecule has 0 aromatic heterocycles. The van der Waals surface area contributed by atoms with Gasteiger partial charge in [0, 0.05) is 22.5 Å². The summed E-state index contributed by atoms with van der Waals surface area (Å²) < 4.78 is 0.997. The van der Waals surface area contributed by atoms with E-state index in [1.165, 1.54) is 0 Å². The summed E-state index contributed by atoms with van der Waals surface area (Å²) in [5, 5.41) is 2.79. The molecule has 0 aliphatic rings. The van der Waals surface area contributed by atoms with Gasteiger partial charge < -0.3 is 5.32 Å². The first kappa shape index (κ1) is 11.5. The van der Waals surface area contributed by atoms with Gasteiger partial charge in [0.1, 0.15) is 0 Å². The van der Waals surface area contributed by atoms with E-state index in [0.717, 1.165) is 10.2 Å². The lowest BCUT2D eigenvalue weighted by Crippen LogP contribution is -2.10. The Morgan fingerprint density at radius 1 is 1.36 bits per heavy atom. The summed E-state index contributed by atoms with van der Waals surface area (Å²) >= 11 is 8.81. The van der Waals surface area contributed by atoms with Crippen molar-refractivity contribution in [2.45, 2.75) is 12.8 Å². The van der Waals surface area contributed by atoms with Crippen molar-refractivity contribution in [3.63, 3.8) is 0 Å². The maximum Gasteiger partial charge on any atom is 0.224 e. The van der Waals surface area contributed by atoms with E-state index in [2.05, 4.69) is 21.2 Å². The van der Waals surface area contributed by atoms with Gasteiger partial charge in [0.25, 0.3) is 0 Å². The molecule has 0 saturated heterocycles. The van der Waals surface area contributed by atoms with Crippen molar-refractivity contribution < 1.29 is 4.79 Å². The van der Waals surface area contributed by atoms with E-state index in [0.29, 0.717) is 18.7 Å². The van der Waals surface area contributed by atoms with Gasteiger partial charge in [-0.2, -0.15) is 0 Å². The maximum absolute atomic E-state index is 11.3. The lowest BCUT2D eigenvalue weighted by atomic mass is 10.3. The van der Waals surface area contributed by atoms with Gasteiger partial charge >= 0.3 is 0 Å². The zero-order chi connectivity index (χ0) is 10.4. The average molecular weight is 277 g/mol. The molecule has 0 atom stereocenters. The van der Waals surface area contributed by atoms with Gasteiger partial charge in [0.05, 0.1) is 0 Å². The first-order chi connectivity index (χ1) is 6.72. The Morgan fingerprint density at radius 2 is 2.00 bits per heavy atom. The van der Waals surface area contributed by atoms with E-state index in [-0.39, 0.29) is 5.91 Å². The van der Waals surface area contributed by atoms with Crippen LogP contribution in [0.15, 0.2) is 28.7 Å². The molecule has 14 heavy (non-hydrogen) atoms. The van der Waals surface area contributed by atoms with Crippen molar-refractivity contribution >= 4 is 39.1 Å². The number of hydrogen-bond acceptors (Lipinski definition) is 1. The van der Waals surface area contributed by atoms with Gasteiger partial charge in [0.2, 0.25) is 5.91 Å². The van der Waals surface area contributed by atoms with Crippen LogP contribution in [0.1, 0.15) is 12.8 Å². The molecule has 1 amide bonds. The van der Waals surface area contributed by atoms with Crippen molar-refractivity contribution in [3.8, 4) is 0 Å². The normalized spacial score (nSPS) is 9.86. The fourth-order valence-electron chi connectivity index (χ4n) is 0.984. The monoisotopic (exact) mass is 275 g/mol. The Morgan fingerprint density at radius 3 is 2.57 bits per heavy atom. The summed E-state index contributed by atoms with van der Waals surface area (Å²) in [7, 11) is 0. The highest BCUT2D eigenvalue weighted by molar-refractivity contribution is 9.10. The van der Waals surface area contributed by atoms with Crippen molar-refractivity contribution in [2.24, 2.45) is 0 Å². The predicted molar refractivity (Wildman–Crippen MR) is 62.7 cm³/mol. The summed E-state index contributed by atoms with van der Waals surface area (Å²) in [6.45, 7) is 0. The number of alkyl halides is 1. The first-order valence-corrected chi connectivity index (χ1v) is 5.66. The van der Waals surface area contributed by atoms with E-state index >= 15 is 0 Å². The molecule has 1 aromatic carbocycles. The number of anilines is 1. The highest BCUT2D eigenvalue weighted by atomic mass is 79.9. The number of rotatable bonds is 4. The van der Waals surface area contributed by atoms with E-state index in [1.807, 2.05) is 24.3 Å². The van der Waals surface area contributed by atoms with Crippen molar-refractivity contribution in [1.82, 2.24) is 0 Å². The molecule has 0 radical (unpaired) electrons. The number of carbonyl (C=O) groups is 1. The zero-order valence-corrected chi connectivity index (χ0v) is 9.94. The summed E-state index contributed by atoms with van der Waals surface area (Å²) in [5.74, 6) is 0.529. The second-order valence-electron chi connectivity index (χ2n) is 2.85. The molecule has 0 spiro atoms. The van der Waals surface area contributed by atoms with Crippen LogP contribution >= 0.6 is 27.5 Å². The number of amides is 1. The van der Waals surface area contributed by atoms with E-state index in [9.17, 15) is 4.79 Å². The fraction of sp³-hybridized carbons (Fsp3) is 0.300. The van der Waals surface area contributed by atoms with Crippen LogP contribution in [0.4, 0.5) is 5.69 Å². The van der Waals surface area contributed by atoms with Crippen LogP contribution in [-0.2, 0) is 4.79 Å². The zero-order valence-electron chi connectivity index (χ0n) is 7.59. The van der Waals surface area contributed by atoms with Gasteiger partial charge in [-0.15, -0.1) is 11.6 Å². The number of benzene rings is 1. The Labute approximate surface area is 96.8 Å². The molecule has 0 unspecified atom stereocenters. The predicted octanol–water partition coefficient (Wildman–Crippen LogP) is 3.41. The van der Waals surface area contributed by atoms with E-state index in [4.69, 9.17) is 11.6 Å². The SMILES string of the molecule is O=C(CCCCl)Nc1ccc(Br)cc1. The van der Waals surface area contributed by atoms with Gasteiger partial charge in [-0.25, -0.2) is 0 Å². The summed E-state index contributed by atoms with van der Waals surface area (Å²) in [6.07, 6.45) is 1.18. The molecule has 1 rings (SSSR count). The molecule has 0 fully saturated rings. The number of hydrogen-bond donors (Lipinski definition) is 1. The summed E-state index contributed by atoms with van der Waals surface area (Å²) in [5.41, 5.74) is 0.813. The highest BCUT2D eigenvalue weighted by Crippen LogP contribution is 2.14. The standard InChI is InChI=1S/C10H11BrClNO/c11-8-3-5-9(6-4-8)13-10(14)2-1-7-12/h3-6H,1-2,7H2,(H,13,14). The van der Waals surface area contributed by atoms with Crippen LogP contribution in [-0.4, -0.2) is 11.8 Å². The van der Waals surface area contributed by atoms with E-state index < -0.39 is 0 Å². The van der Waals surface area contributed by atoms with Gasteiger partial charge in [0.15, 0.2) is 0 Å². The van der Waals surface area contributed by atoms with Crippen LogP contribution < -0.4 is 5.32 Å². The van der Waals surface area contributed by atoms with Gasteiger partial charge in [-0.1, -0.05) is 15.9 Å². The Bertz CT molecular complexity index is 299. The molecular formula is C10H11BrClNO. The minimum Gasteiger partial charge on any atom is -0.326 e. The number of carbonyl (C=O) groups excluding carboxylic acids is 1. The Hall–Kier alpha value is -0.540. The maximum atomic E-state index is 11.3. The molecule has 0 saturated carbocycles. The molecule has 2 nitrogen and oxygen atoms in total. The van der Waals surface area contributed by atoms with Gasteiger partial charge in [-0.05, 0) is 30.7 Å². The first-order valence-electron chi connectivity index (χ1n) is 4.34. The third-order valence-electron chi connectivity index (χ3n) is 1.67. The molecule has 4 heteroatoms. The molecular weight excluding hydrogens is 265 g/mol. The molecule has 1 aromatic rings. The topological polar surface area (TPSA) is 29.1 Å². The molecule has 0 heterocycles. The summed E-state index contributed by atoms with van der Waals surface area (Å²) in [4.78, 5) is 11.3. The molecule has 0 bridgehead atoms. The van der Waals surface area contributed by atoms with Crippen molar-refractivity contribution in [1.29, 1.82) is 0 Å². The third kappa shape index (κ3) is 4.11. The Balaban J connectivity index is 2.44. The van der Waals surface area contributed by atoms with Crippen molar-refractivity contribution in [2.75, 3.05) is 11.2 Å². The second-order valence-corrected chi connectivity index (χ2v) is 4.14. The molecule has 0 aliphatic heterocycles. The summed E-state index contributed by atoms with van der Waals surface area (Å²) in [6, 6.07) is 7.47. The number of halogens is 2. The lowest BCUT2D eigenvalue weighted by Gasteiger charge is -2.03. The minimum absolute atomic E-state index is 0.00738. The van der Waals surface area contributed by atoms with Gasteiger partial charge in [-0.3, -0.25) is 4.79 Å². The van der Waals surface area contributed by atoms with Crippen LogP contribution in [0.2, 0.25) is 0 Å². The smallest absolute Gasteiger partial charge is 0.224 e. The molecule has 76 valence electrons. The fourth-order valence-corrected chi connectivity index (χ4v) is 1.38. The van der Waals surface area contributed by atoms with Crippen LogP contribution in [0.25, 0.3) is 0 Å². The van der Waals surface area contributed by atoms with Crippen LogP contribution in [0.5, 0.6) is 0 Å². The third-order valence-corrected chi connectivity index (χ3v) is 2.46. The average Bonchev–Trinajstić information content (AvgIpc) is 2.18. The van der Waals surface area contributed by atoms with Crippen LogP contribution in [0, 0.1) is 0 Å². The minimum atomic E-state index is 0.00738.